The fourth-order valence-electron chi connectivity index (χ4n) is 2.92. The van der Waals surface area contributed by atoms with Gasteiger partial charge < -0.3 is 0 Å². The van der Waals surface area contributed by atoms with Crippen molar-refractivity contribution in [2.24, 2.45) is 5.92 Å². The van der Waals surface area contributed by atoms with Gasteiger partial charge in [0.2, 0.25) is 0 Å². The number of nitrogens with zero attached hydrogens (tertiary/aromatic N) is 4. The Labute approximate surface area is 127 Å². The number of aromatic nitrogens is 3. The second-order valence-corrected chi connectivity index (χ2v) is 6.80. The van der Waals surface area contributed by atoms with E-state index in [1.165, 1.54) is 29.9 Å². The predicted molar refractivity (Wildman–Crippen MR) is 81.4 cm³/mol. The first kappa shape index (κ1) is 13.2. The molecule has 1 aliphatic carbocycles. The lowest BCUT2D eigenvalue weighted by atomic mass is 10.00. The molecular weight excluding hydrogens is 284 g/mol. The van der Waals surface area contributed by atoms with Crippen LogP contribution in [0.4, 0.5) is 0 Å². The average molecular weight is 302 g/mol. The molecule has 4 rings (SSSR count). The monoisotopic (exact) mass is 302 g/mol. The molecule has 2 aromatic heterocycles. The van der Waals surface area contributed by atoms with Crippen LogP contribution in [-0.4, -0.2) is 32.1 Å². The van der Waals surface area contributed by atoms with Crippen LogP contribution in [0.25, 0.3) is 0 Å². The molecule has 0 aromatic carbocycles. The van der Waals surface area contributed by atoms with Crippen molar-refractivity contribution < 1.29 is 0 Å². The molecule has 1 saturated carbocycles. The third kappa shape index (κ3) is 2.91. The first-order valence-corrected chi connectivity index (χ1v) is 8.30. The molecule has 5 nitrogen and oxygen atoms in total. The quantitative estimate of drug-likeness (QED) is 0.844. The van der Waals surface area contributed by atoms with E-state index in [1.54, 1.807) is 10.7 Å². The molecule has 6 heteroatoms. The molecule has 2 aromatic rings. The SMILES string of the molecule is O=c1ccc(C2CC2)nn1CC1CN(Cc2cnsc2)C1. The standard InChI is InChI=1S/C15H18N4OS/c20-15-4-3-14(13-1-2-13)17-19(15)9-12-7-18(8-12)6-11-5-16-21-10-11/h3-5,10,12-13H,1-2,6-9H2. The van der Waals surface area contributed by atoms with E-state index in [4.69, 9.17) is 0 Å². The Balaban J connectivity index is 1.35. The van der Waals surface area contributed by atoms with Crippen LogP contribution >= 0.6 is 11.5 Å². The Morgan fingerprint density at radius 3 is 2.86 bits per heavy atom. The smallest absolute Gasteiger partial charge is 0.266 e. The minimum Gasteiger partial charge on any atom is -0.298 e. The fourth-order valence-corrected chi connectivity index (χ4v) is 3.45. The van der Waals surface area contributed by atoms with Gasteiger partial charge in [-0.3, -0.25) is 9.69 Å². The second kappa shape index (κ2) is 5.35. The highest BCUT2D eigenvalue weighted by molar-refractivity contribution is 7.03. The summed E-state index contributed by atoms with van der Waals surface area (Å²) in [6, 6.07) is 3.57. The summed E-state index contributed by atoms with van der Waals surface area (Å²) in [6.45, 7) is 3.80. The van der Waals surface area contributed by atoms with E-state index in [9.17, 15) is 4.79 Å². The molecule has 0 atom stereocenters. The Morgan fingerprint density at radius 2 is 2.14 bits per heavy atom. The highest BCUT2D eigenvalue weighted by Gasteiger charge is 2.29. The first-order chi connectivity index (χ1) is 10.3. The van der Waals surface area contributed by atoms with Gasteiger partial charge in [0.05, 0.1) is 12.2 Å². The molecule has 3 heterocycles. The molecule has 0 radical (unpaired) electrons. The number of rotatable bonds is 5. The Morgan fingerprint density at radius 1 is 1.29 bits per heavy atom. The van der Waals surface area contributed by atoms with Crippen molar-refractivity contribution >= 4 is 11.5 Å². The van der Waals surface area contributed by atoms with Gasteiger partial charge in [-0.05, 0) is 36.0 Å². The maximum absolute atomic E-state index is 11.9. The molecule has 21 heavy (non-hydrogen) atoms. The van der Waals surface area contributed by atoms with Crippen molar-refractivity contribution in [3.63, 3.8) is 0 Å². The molecule has 0 spiro atoms. The van der Waals surface area contributed by atoms with E-state index < -0.39 is 0 Å². The van der Waals surface area contributed by atoms with Gasteiger partial charge in [-0.2, -0.15) is 5.10 Å². The van der Waals surface area contributed by atoms with Crippen molar-refractivity contribution in [2.75, 3.05) is 13.1 Å². The lowest BCUT2D eigenvalue weighted by Crippen LogP contribution is -2.48. The molecule has 0 unspecified atom stereocenters. The molecule has 1 saturated heterocycles. The van der Waals surface area contributed by atoms with Gasteiger partial charge in [-0.25, -0.2) is 9.06 Å². The van der Waals surface area contributed by atoms with Gasteiger partial charge in [0.15, 0.2) is 0 Å². The van der Waals surface area contributed by atoms with Crippen LogP contribution in [-0.2, 0) is 13.1 Å². The number of hydrogen-bond donors (Lipinski definition) is 0. The number of likely N-dealkylation sites (tertiary alicyclic amines) is 1. The van der Waals surface area contributed by atoms with Crippen LogP contribution in [0.2, 0.25) is 0 Å². The van der Waals surface area contributed by atoms with Gasteiger partial charge in [-0.15, -0.1) is 0 Å². The van der Waals surface area contributed by atoms with E-state index in [1.807, 2.05) is 12.3 Å². The zero-order valence-corrected chi connectivity index (χ0v) is 12.6. The Kier molecular flexibility index (Phi) is 3.35. The van der Waals surface area contributed by atoms with Gasteiger partial charge >= 0.3 is 0 Å². The zero-order valence-electron chi connectivity index (χ0n) is 11.8. The molecule has 1 aliphatic heterocycles. The lowest BCUT2D eigenvalue weighted by molar-refractivity contribution is 0.0766. The molecule has 0 amide bonds. The van der Waals surface area contributed by atoms with Gasteiger partial charge in [0.25, 0.3) is 5.56 Å². The second-order valence-electron chi connectivity index (χ2n) is 6.15. The first-order valence-electron chi connectivity index (χ1n) is 7.46. The van der Waals surface area contributed by atoms with E-state index in [0.717, 1.165) is 31.9 Å². The van der Waals surface area contributed by atoms with Crippen molar-refractivity contribution in [3.05, 3.63) is 45.3 Å². The fraction of sp³-hybridized carbons (Fsp3) is 0.533. The third-order valence-electron chi connectivity index (χ3n) is 4.24. The maximum Gasteiger partial charge on any atom is 0.266 e. The lowest BCUT2D eigenvalue weighted by Gasteiger charge is -2.39. The van der Waals surface area contributed by atoms with Crippen LogP contribution in [0.1, 0.15) is 30.0 Å². The molecule has 110 valence electrons. The highest BCUT2D eigenvalue weighted by Crippen LogP contribution is 2.38. The minimum absolute atomic E-state index is 0.0277. The summed E-state index contributed by atoms with van der Waals surface area (Å²) in [6.07, 6.45) is 4.37. The van der Waals surface area contributed by atoms with E-state index in [0.29, 0.717) is 11.8 Å². The van der Waals surface area contributed by atoms with Crippen molar-refractivity contribution in [2.45, 2.75) is 31.8 Å². The van der Waals surface area contributed by atoms with E-state index in [-0.39, 0.29) is 5.56 Å². The predicted octanol–water partition coefficient (Wildman–Crippen LogP) is 1.71. The summed E-state index contributed by atoms with van der Waals surface area (Å²) in [4.78, 5) is 14.3. The Bertz CT molecular complexity index is 671. The summed E-state index contributed by atoms with van der Waals surface area (Å²) in [5.41, 5.74) is 2.40. The van der Waals surface area contributed by atoms with Crippen molar-refractivity contribution in [1.29, 1.82) is 0 Å². The topological polar surface area (TPSA) is 51.0 Å². The van der Waals surface area contributed by atoms with Crippen molar-refractivity contribution in [3.8, 4) is 0 Å². The molecule has 0 bridgehead atoms. The third-order valence-corrected chi connectivity index (χ3v) is 4.87. The number of hydrogen-bond acceptors (Lipinski definition) is 5. The molecular formula is C15H18N4OS. The summed E-state index contributed by atoms with van der Waals surface area (Å²) in [5.74, 6) is 1.14. The highest BCUT2D eigenvalue weighted by atomic mass is 32.1. The van der Waals surface area contributed by atoms with Crippen LogP contribution in [0.5, 0.6) is 0 Å². The average Bonchev–Trinajstić information content (AvgIpc) is 3.16. The van der Waals surface area contributed by atoms with Crippen LogP contribution in [0, 0.1) is 5.92 Å². The van der Waals surface area contributed by atoms with Crippen LogP contribution in [0.15, 0.2) is 28.5 Å². The largest absolute Gasteiger partial charge is 0.298 e. The van der Waals surface area contributed by atoms with Gasteiger partial charge in [0.1, 0.15) is 0 Å². The van der Waals surface area contributed by atoms with Gasteiger partial charge in [-0.1, -0.05) is 0 Å². The van der Waals surface area contributed by atoms with Gasteiger partial charge in [0, 0.05) is 49.1 Å². The molecule has 2 aliphatic rings. The van der Waals surface area contributed by atoms with Crippen LogP contribution in [0.3, 0.4) is 0 Å². The summed E-state index contributed by atoms with van der Waals surface area (Å²) in [7, 11) is 0. The molecule has 2 fully saturated rings. The molecule has 0 N–H and O–H groups in total. The van der Waals surface area contributed by atoms with Crippen LogP contribution < -0.4 is 5.56 Å². The van der Waals surface area contributed by atoms with E-state index in [2.05, 4.69) is 19.8 Å². The van der Waals surface area contributed by atoms with Crippen molar-refractivity contribution in [1.82, 2.24) is 19.1 Å². The minimum atomic E-state index is 0.0277. The Hall–Kier alpha value is -1.53. The summed E-state index contributed by atoms with van der Waals surface area (Å²) >= 11 is 1.50. The summed E-state index contributed by atoms with van der Waals surface area (Å²) < 4.78 is 5.79. The van der Waals surface area contributed by atoms with E-state index >= 15 is 0 Å². The zero-order chi connectivity index (χ0) is 14.2. The summed E-state index contributed by atoms with van der Waals surface area (Å²) in [5, 5.41) is 6.63. The maximum atomic E-state index is 11.9. The normalized spacial score (nSPS) is 19.6.